The van der Waals surface area contributed by atoms with Crippen LogP contribution in [0.5, 0.6) is 0 Å². The van der Waals surface area contributed by atoms with Crippen LogP contribution in [0.2, 0.25) is 0 Å². The van der Waals surface area contributed by atoms with Crippen LogP contribution in [0.3, 0.4) is 0 Å². The Hall–Kier alpha value is -1.73. The first kappa shape index (κ1) is 20.6. The SMILES string of the molecule is CCC(=O)c1cccc(S(=O)(=O)NCC2NCCc3ccccc32)c1.Cl. The van der Waals surface area contributed by atoms with Gasteiger partial charge in [0.2, 0.25) is 10.0 Å². The summed E-state index contributed by atoms with van der Waals surface area (Å²) < 4.78 is 27.9. The third-order valence-corrected chi connectivity index (χ3v) is 5.90. The number of ketones is 1. The molecule has 0 amide bonds. The normalized spacial score (nSPS) is 16.4. The summed E-state index contributed by atoms with van der Waals surface area (Å²) in [5.74, 6) is -0.0695. The molecule has 0 saturated carbocycles. The van der Waals surface area contributed by atoms with Gasteiger partial charge in [0.25, 0.3) is 0 Å². The number of fused-ring (bicyclic) bond motifs is 1. The Morgan fingerprint density at radius 1 is 1.19 bits per heavy atom. The molecule has 0 spiro atoms. The predicted molar refractivity (Wildman–Crippen MR) is 104 cm³/mol. The summed E-state index contributed by atoms with van der Waals surface area (Å²) in [6.45, 7) is 2.85. The van der Waals surface area contributed by atoms with Crippen molar-refractivity contribution in [3.05, 3.63) is 65.2 Å². The second-order valence-electron chi connectivity index (χ2n) is 6.11. The molecule has 0 bridgehead atoms. The molecule has 3 rings (SSSR count). The molecule has 0 radical (unpaired) electrons. The van der Waals surface area contributed by atoms with Crippen LogP contribution >= 0.6 is 12.4 Å². The Morgan fingerprint density at radius 3 is 2.73 bits per heavy atom. The summed E-state index contributed by atoms with van der Waals surface area (Å²) >= 11 is 0. The van der Waals surface area contributed by atoms with E-state index < -0.39 is 10.0 Å². The van der Waals surface area contributed by atoms with Crippen molar-refractivity contribution in [2.24, 2.45) is 0 Å². The summed E-state index contributed by atoms with van der Waals surface area (Å²) in [5, 5.41) is 3.36. The minimum absolute atomic E-state index is 0. The minimum atomic E-state index is -3.67. The molecule has 1 aliphatic rings. The minimum Gasteiger partial charge on any atom is -0.308 e. The van der Waals surface area contributed by atoms with Crippen molar-refractivity contribution in [3.8, 4) is 0 Å². The van der Waals surface area contributed by atoms with Crippen molar-refractivity contribution in [3.63, 3.8) is 0 Å². The number of halogens is 1. The van der Waals surface area contributed by atoms with Crippen LogP contribution < -0.4 is 10.0 Å². The zero-order chi connectivity index (χ0) is 17.9. The zero-order valence-electron chi connectivity index (χ0n) is 14.6. The average Bonchev–Trinajstić information content (AvgIpc) is 2.66. The standard InChI is InChI=1S/C19H22N2O3S.ClH/c1-2-19(22)15-7-5-8-16(12-15)25(23,24)21-13-18-17-9-4-3-6-14(17)10-11-20-18;/h3-9,12,18,20-21H,2,10-11,13H2,1H3;1H. The largest absolute Gasteiger partial charge is 0.308 e. The van der Waals surface area contributed by atoms with Gasteiger partial charge in [-0.1, -0.05) is 43.3 Å². The first-order valence-corrected chi connectivity index (χ1v) is 9.93. The van der Waals surface area contributed by atoms with Gasteiger partial charge in [-0.3, -0.25) is 4.79 Å². The molecule has 2 N–H and O–H groups in total. The Labute approximate surface area is 160 Å². The van der Waals surface area contributed by atoms with Crippen LogP contribution in [0.15, 0.2) is 53.4 Å². The molecule has 0 aliphatic carbocycles. The number of hydrogen-bond donors (Lipinski definition) is 2. The Bertz CT molecular complexity index is 884. The maximum absolute atomic E-state index is 12.6. The Morgan fingerprint density at radius 2 is 1.96 bits per heavy atom. The molecule has 26 heavy (non-hydrogen) atoms. The van der Waals surface area contributed by atoms with Gasteiger partial charge in [-0.05, 0) is 36.2 Å². The fourth-order valence-electron chi connectivity index (χ4n) is 3.09. The molecular formula is C19H23ClN2O3S. The lowest BCUT2D eigenvalue weighted by Crippen LogP contribution is -2.38. The molecule has 0 saturated heterocycles. The second-order valence-corrected chi connectivity index (χ2v) is 7.88. The summed E-state index contributed by atoms with van der Waals surface area (Å²) in [6.07, 6.45) is 1.29. The van der Waals surface area contributed by atoms with E-state index in [1.54, 1.807) is 19.1 Å². The lowest BCUT2D eigenvalue weighted by molar-refractivity contribution is 0.0988. The number of sulfonamides is 1. The first-order chi connectivity index (χ1) is 12.0. The van der Waals surface area contributed by atoms with E-state index in [1.165, 1.54) is 17.7 Å². The van der Waals surface area contributed by atoms with Crippen LogP contribution in [0.1, 0.15) is 40.9 Å². The number of carbonyl (C=O) groups is 1. The number of Topliss-reactive ketones (excluding diaryl/α,β-unsaturated/α-hetero) is 1. The zero-order valence-corrected chi connectivity index (χ0v) is 16.2. The quantitative estimate of drug-likeness (QED) is 0.739. The van der Waals surface area contributed by atoms with Gasteiger partial charge in [0.1, 0.15) is 0 Å². The lowest BCUT2D eigenvalue weighted by atomic mass is 9.95. The molecule has 140 valence electrons. The van der Waals surface area contributed by atoms with E-state index in [2.05, 4.69) is 16.1 Å². The third kappa shape index (κ3) is 4.51. The third-order valence-electron chi connectivity index (χ3n) is 4.48. The van der Waals surface area contributed by atoms with E-state index in [-0.39, 0.29) is 35.7 Å². The van der Waals surface area contributed by atoms with Crippen LogP contribution in [0.25, 0.3) is 0 Å². The molecule has 1 atom stereocenters. The average molecular weight is 395 g/mol. The molecule has 5 nitrogen and oxygen atoms in total. The molecule has 2 aromatic carbocycles. The van der Waals surface area contributed by atoms with Crippen molar-refractivity contribution < 1.29 is 13.2 Å². The van der Waals surface area contributed by atoms with Crippen molar-refractivity contribution in [1.29, 1.82) is 0 Å². The van der Waals surface area contributed by atoms with Crippen LogP contribution in [-0.2, 0) is 16.4 Å². The van der Waals surface area contributed by atoms with Gasteiger partial charge in [-0.15, -0.1) is 12.4 Å². The molecule has 2 aromatic rings. The highest BCUT2D eigenvalue weighted by atomic mass is 35.5. The number of nitrogens with one attached hydrogen (secondary N) is 2. The van der Waals surface area contributed by atoms with E-state index in [0.29, 0.717) is 12.0 Å². The summed E-state index contributed by atoms with van der Waals surface area (Å²) in [5.41, 5.74) is 2.80. The topological polar surface area (TPSA) is 75.3 Å². The molecular weight excluding hydrogens is 372 g/mol. The predicted octanol–water partition coefficient (Wildman–Crippen LogP) is 2.87. The van der Waals surface area contributed by atoms with Crippen LogP contribution in [0, 0.1) is 0 Å². The van der Waals surface area contributed by atoms with E-state index >= 15 is 0 Å². The van der Waals surface area contributed by atoms with Gasteiger partial charge in [0, 0.05) is 24.6 Å². The van der Waals surface area contributed by atoms with Gasteiger partial charge in [-0.2, -0.15) is 0 Å². The summed E-state index contributed by atoms with van der Waals surface area (Å²) in [4.78, 5) is 11.9. The van der Waals surface area contributed by atoms with E-state index in [1.807, 2.05) is 18.2 Å². The number of rotatable bonds is 6. The van der Waals surface area contributed by atoms with Crippen LogP contribution in [0.4, 0.5) is 0 Å². The Kier molecular flexibility index (Phi) is 6.94. The Balaban J connectivity index is 0.00000243. The van der Waals surface area contributed by atoms with Gasteiger partial charge in [0.15, 0.2) is 5.78 Å². The lowest BCUT2D eigenvalue weighted by Gasteiger charge is -2.27. The summed E-state index contributed by atoms with van der Waals surface area (Å²) in [7, 11) is -3.67. The number of benzene rings is 2. The second kappa shape index (κ2) is 8.77. The molecule has 7 heteroatoms. The van der Waals surface area contributed by atoms with E-state index in [9.17, 15) is 13.2 Å². The van der Waals surface area contributed by atoms with Gasteiger partial charge >= 0.3 is 0 Å². The van der Waals surface area contributed by atoms with Gasteiger partial charge < -0.3 is 5.32 Å². The number of hydrogen-bond acceptors (Lipinski definition) is 4. The molecule has 1 unspecified atom stereocenters. The maximum Gasteiger partial charge on any atom is 0.240 e. The van der Waals surface area contributed by atoms with Crippen molar-refractivity contribution in [2.75, 3.05) is 13.1 Å². The van der Waals surface area contributed by atoms with Gasteiger partial charge in [0.05, 0.1) is 4.90 Å². The summed E-state index contributed by atoms with van der Waals surface area (Å²) in [6, 6.07) is 14.2. The highest BCUT2D eigenvalue weighted by Gasteiger charge is 2.22. The van der Waals surface area contributed by atoms with Crippen molar-refractivity contribution >= 4 is 28.2 Å². The van der Waals surface area contributed by atoms with E-state index in [4.69, 9.17) is 0 Å². The molecule has 0 fully saturated rings. The monoisotopic (exact) mass is 394 g/mol. The fourth-order valence-corrected chi connectivity index (χ4v) is 4.18. The first-order valence-electron chi connectivity index (χ1n) is 8.45. The van der Waals surface area contributed by atoms with Crippen molar-refractivity contribution in [2.45, 2.75) is 30.7 Å². The number of carbonyl (C=O) groups excluding carboxylic acids is 1. The molecule has 1 heterocycles. The fraction of sp³-hybridized carbons (Fsp3) is 0.316. The highest BCUT2D eigenvalue weighted by molar-refractivity contribution is 7.89. The van der Waals surface area contributed by atoms with Gasteiger partial charge in [-0.25, -0.2) is 13.1 Å². The van der Waals surface area contributed by atoms with E-state index in [0.717, 1.165) is 18.5 Å². The molecule has 1 aliphatic heterocycles. The highest BCUT2D eigenvalue weighted by Crippen LogP contribution is 2.22. The smallest absolute Gasteiger partial charge is 0.240 e. The maximum atomic E-state index is 12.6. The molecule has 0 aromatic heterocycles. The van der Waals surface area contributed by atoms with Crippen molar-refractivity contribution in [1.82, 2.24) is 10.0 Å². The van der Waals surface area contributed by atoms with Crippen LogP contribution in [-0.4, -0.2) is 27.3 Å².